The normalized spacial score (nSPS) is 16.3. The molecule has 1 aliphatic heterocycles. The molecule has 0 radical (unpaired) electrons. The number of carbonyl (C=O) groups excluding carboxylic acids is 3. The lowest BCUT2D eigenvalue weighted by molar-refractivity contribution is -0.129. The molecule has 168 valence electrons. The fourth-order valence-electron chi connectivity index (χ4n) is 4.47. The van der Waals surface area contributed by atoms with Gasteiger partial charge in [-0.2, -0.15) is 0 Å². The summed E-state index contributed by atoms with van der Waals surface area (Å²) < 4.78 is 16.1. The van der Waals surface area contributed by atoms with E-state index in [2.05, 4.69) is 5.32 Å². The Morgan fingerprint density at radius 2 is 1.84 bits per heavy atom. The first-order chi connectivity index (χ1) is 15.5. The number of amides is 2. The third-order valence-electron chi connectivity index (χ3n) is 5.95. The Hall–Kier alpha value is -3.55. The van der Waals surface area contributed by atoms with Gasteiger partial charge in [0.2, 0.25) is 0 Å². The van der Waals surface area contributed by atoms with Gasteiger partial charge in [0.05, 0.1) is 30.7 Å². The van der Waals surface area contributed by atoms with Crippen molar-refractivity contribution in [3.05, 3.63) is 48.0 Å². The SMILES string of the molecule is CCOc1ccc(C(=O)OCC(=O)N2c3ccccc3NC(=O)C23CCCC3)cc1OC. The summed E-state index contributed by atoms with van der Waals surface area (Å²) in [6.07, 6.45) is 2.85. The largest absolute Gasteiger partial charge is 0.493 e. The Labute approximate surface area is 186 Å². The van der Waals surface area contributed by atoms with Crippen LogP contribution in [-0.4, -0.2) is 43.6 Å². The van der Waals surface area contributed by atoms with Gasteiger partial charge in [0.25, 0.3) is 11.8 Å². The van der Waals surface area contributed by atoms with E-state index >= 15 is 0 Å². The van der Waals surface area contributed by atoms with E-state index in [1.54, 1.807) is 30.3 Å². The topological polar surface area (TPSA) is 94.2 Å². The number of rotatable bonds is 6. The predicted octanol–water partition coefficient (Wildman–Crippen LogP) is 3.55. The van der Waals surface area contributed by atoms with Crippen molar-refractivity contribution in [1.29, 1.82) is 0 Å². The number of para-hydroxylation sites is 2. The predicted molar refractivity (Wildman–Crippen MR) is 118 cm³/mol. The average Bonchev–Trinajstić information content (AvgIpc) is 3.29. The van der Waals surface area contributed by atoms with E-state index in [0.717, 1.165) is 12.8 Å². The summed E-state index contributed by atoms with van der Waals surface area (Å²) in [6.45, 7) is 1.84. The molecule has 32 heavy (non-hydrogen) atoms. The second-order valence-electron chi connectivity index (χ2n) is 7.81. The van der Waals surface area contributed by atoms with Crippen molar-refractivity contribution in [2.24, 2.45) is 0 Å². The number of esters is 1. The Bertz CT molecular complexity index is 1040. The summed E-state index contributed by atoms with van der Waals surface area (Å²) in [5, 5.41) is 2.93. The minimum atomic E-state index is -0.944. The van der Waals surface area contributed by atoms with Crippen LogP contribution in [0.4, 0.5) is 11.4 Å². The van der Waals surface area contributed by atoms with Crippen molar-refractivity contribution in [3.63, 3.8) is 0 Å². The number of carbonyl (C=O) groups is 3. The number of nitrogens with zero attached hydrogens (tertiary/aromatic N) is 1. The van der Waals surface area contributed by atoms with Gasteiger partial charge in [0, 0.05) is 0 Å². The molecule has 0 atom stereocenters. The van der Waals surface area contributed by atoms with Gasteiger partial charge in [-0.05, 0) is 50.1 Å². The van der Waals surface area contributed by atoms with Crippen LogP contribution in [0, 0.1) is 0 Å². The fraction of sp³-hybridized carbons (Fsp3) is 0.375. The van der Waals surface area contributed by atoms with Crippen molar-refractivity contribution < 1.29 is 28.6 Å². The summed E-state index contributed by atoms with van der Waals surface area (Å²) in [5.74, 6) is -0.360. The summed E-state index contributed by atoms with van der Waals surface area (Å²) >= 11 is 0. The molecule has 2 aromatic carbocycles. The van der Waals surface area contributed by atoms with E-state index in [-0.39, 0.29) is 11.5 Å². The van der Waals surface area contributed by atoms with E-state index in [4.69, 9.17) is 14.2 Å². The molecule has 1 fully saturated rings. The van der Waals surface area contributed by atoms with Crippen LogP contribution < -0.4 is 19.7 Å². The number of ether oxygens (including phenoxy) is 3. The van der Waals surface area contributed by atoms with Crippen LogP contribution in [0.25, 0.3) is 0 Å². The summed E-state index contributed by atoms with van der Waals surface area (Å²) in [4.78, 5) is 40.4. The number of fused-ring (bicyclic) bond motifs is 1. The fourth-order valence-corrected chi connectivity index (χ4v) is 4.47. The first kappa shape index (κ1) is 21.7. The smallest absolute Gasteiger partial charge is 0.338 e. The molecule has 0 aromatic heterocycles. The lowest BCUT2D eigenvalue weighted by Crippen LogP contribution is -2.61. The Kier molecular flexibility index (Phi) is 6.03. The molecule has 4 rings (SSSR count). The van der Waals surface area contributed by atoms with Crippen molar-refractivity contribution in [2.45, 2.75) is 38.1 Å². The molecule has 0 bridgehead atoms. The van der Waals surface area contributed by atoms with E-state index in [9.17, 15) is 14.4 Å². The highest BCUT2D eigenvalue weighted by Crippen LogP contribution is 2.45. The van der Waals surface area contributed by atoms with Crippen LogP contribution in [0.15, 0.2) is 42.5 Å². The lowest BCUT2D eigenvalue weighted by Gasteiger charge is -2.44. The first-order valence-electron chi connectivity index (χ1n) is 10.7. The molecule has 1 saturated carbocycles. The molecule has 2 amide bonds. The number of benzene rings is 2. The third kappa shape index (κ3) is 3.77. The molecule has 0 unspecified atom stereocenters. The van der Waals surface area contributed by atoms with Gasteiger partial charge in [-0.15, -0.1) is 0 Å². The number of hydrogen-bond donors (Lipinski definition) is 1. The lowest BCUT2D eigenvalue weighted by atomic mass is 9.90. The van der Waals surface area contributed by atoms with Crippen molar-refractivity contribution in [1.82, 2.24) is 0 Å². The maximum absolute atomic E-state index is 13.3. The highest BCUT2D eigenvalue weighted by atomic mass is 16.5. The zero-order chi connectivity index (χ0) is 22.7. The third-order valence-corrected chi connectivity index (χ3v) is 5.95. The molecule has 1 N–H and O–H groups in total. The number of anilines is 2. The number of nitrogens with one attached hydrogen (secondary N) is 1. The minimum Gasteiger partial charge on any atom is -0.493 e. The van der Waals surface area contributed by atoms with Crippen LogP contribution in [0.5, 0.6) is 11.5 Å². The zero-order valence-electron chi connectivity index (χ0n) is 18.2. The standard InChI is InChI=1S/C24H26N2O6/c1-3-31-19-11-10-16(14-20(19)30-2)22(28)32-15-21(27)26-18-9-5-4-8-17(18)25-23(29)24(26)12-6-7-13-24/h4-5,8-11,14H,3,6-7,12-13,15H2,1-2H3,(H,25,29). The van der Waals surface area contributed by atoms with Gasteiger partial charge in [-0.3, -0.25) is 14.5 Å². The van der Waals surface area contributed by atoms with Crippen LogP contribution in [0.1, 0.15) is 43.0 Å². The monoisotopic (exact) mass is 438 g/mol. The van der Waals surface area contributed by atoms with Gasteiger partial charge in [-0.25, -0.2) is 4.79 Å². The highest BCUT2D eigenvalue weighted by molar-refractivity contribution is 6.15. The molecular weight excluding hydrogens is 412 g/mol. The Morgan fingerprint density at radius 1 is 1.09 bits per heavy atom. The molecule has 2 aliphatic rings. The minimum absolute atomic E-state index is 0.190. The van der Waals surface area contributed by atoms with E-state index in [0.29, 0.717) is 42.3 Å². The Balaban J connectivity index is 1.54. The van der Waals surface area contributed by atoms with Crippen LogP contribution in [0.3, 0.4) is 0 Å². The molecule has 1 aliphatic carbocycles. The van der Waals surface area contributed by atoms with E-state index in [1.165, 1.54) is 18.1 Å². The van der Waals surface area contributed by atoms with Crippen molar-refractivity contribution in [3.8, 4) is 11.5 Å². The van der Waals surface area contributed by atoms with Crippen molar-refractivity contribution >= 4 is 29.2 Å². The second-order valence-corrected chi connectivity index (χ2v) is 7.81. The Morgan fingerprint density at radius 3 is 2.56 bits per heavy atom. The first-order valence-corrected chi connectivity index (χ1v) is 10.7. The van der Waals surface area contributed by atoms with Gasteiger partial charge >= 0.3 is 5.97 Å². The summed E-state index contributed by atoms with van der Waals surface area (Å²) in [5.41, 5.74) is 0.495. The molecule has 1 spiro atoms. The summed E-state index contributed by atoms with van der Waals surface area (Å²) in [7, 11) is 1.48. The highest BCUT2D eigenvalue weighted by Gasteiger charge is 2.52. The van der Waals surface area contributed by atoms with Gasteiger partial charge < -0.3 is 19.5 Å². The maximum Gasteiger partial charge on any atom is 0.338 e. The molecule has 8 heteroatoms. The van der Waals surface area contributed by atoms with Crippen LogP contribution >= 0.6 is 0 Å². The number of methoxy groups -OCH3 is 1. The average molecular weight is 438 g/mol. The van der Waals surface area contributed by atoms with Crippen molar-refractivity contribution in [2.75, 3.05) is 30.5 Å². The quantitative estimate of drug-likeness (QED) is 0.694. The van der Waals surface area contributed by atoms with E-state index < -0.39 is 24.0 Å². The van der Waals surface area contributed by atoms with Crippen LogP contribution in [0.2, 0.25) is 0 Å². The molecule has 1 heterocycles. The molecular formula is C24H26N2O6. The molecule has 2 aromatic rings. The van der Waals surface area contributed by atoms with Gasteiger partial charge in [0.15, 0.2) is 18.1 Å². The van der Waals surface area contributed by atoms with Gasteiger partial charge in [0.1, 0.15) is 5.54 Å². The van der Waals surface area contributed by atoms with Crippen LogP contribution in [-0.2, 0) is 14.3 Å². The molecule has 0 saturated heterocycles. The van der Waals surface area contributed by atoms with E-state index in [1.807, 2.05) is 13.0 Å². The zero-order valence-corrected chi connectivity index (χ0v) is 18.2. The maximum atomic E-state index is 13.3. The number of hydrogen-bond acceptors (Lipinski definition) is 6. The summed E-state index contributed by atoms with van der Waals surface area (Å²) in [6, 6.07) is 11.9. The molecule has 8 nitrogen and oxygen atoms in total. The van der Waals surface area contributed by atoms with Gasteiger partial charge in [-0.1, -0.05) is 25.0 Å². The second kappa shape index (κ2) is 8.90.